The van der Waals surface area contributed by atoms with Crippen LogP contribution in [-0.4, -0.2) is 38.7 Å². The summed E-state index contributed by atoms with van der Waals surface area (Å²) in [4.78, 5) is 27.0. The van der Waals surface area contributed by atoms with Gasteiger partial charge in [0.25, 0.3) is 0 Å². The van der Waals surface area contributed by atoms with E-state index in [1.54, 1.807) is 0 Å². The molecule has 0 aromatic carbocycles. The Morgan fingerprint density at radius 3 is 2.26 bits per heavy atom. The van der Waals surface area contributed by atoms with Gasteiger partial charge in [-0.15, -0.1) is 0 Å². The lowest BCUT2D eigenvalue weighted by atomic mass is 9.74. The fourth-order valence-corrected chi connectivity index (χ4v) is 5.68. The van der Waals surface area contributed by atoms with Crippen molar-refractivity contribution in [2.75, 3.05) is 19.0 Å². The van der Waals surface area contributed by atoms with Crippen LogP contribution >= 0.6 is 15.2 Å². The fraction of sp³-hybridized carbons (Fsp3) is 1.00. The van der Waals surface area contributed by atoms with Crippen LogP contribution in [0.4, 0.5) is 0 Å². The summed E-state index contributed by atoms with van der Waals surface area (Å²) in [5, 5.41) is 1.42. The highest BCUT2D eigenvalue weighted by Gasteiger charge is 2.42. The molecule has 0 bridgehead atoms. The van der Waals surface area contributed by atoms with E-state index in [9.17, 15) is 14.0 Å². The predicted molar refractivity (Wildman–Crippen MR) is 69.5 cm³/mol. The molecule has 1 aliphatic carbocycles. The second kappa shape index (κ2) is 5.57. The highest BCUT2D eigenvalue weighted by molar-refractivity contribution is 7.69. The lowest BCUT2D eigenvalue weighted by Gasteiger charge is -2.33. The Balaban J connectivity index is 1.91. The van der Waals surface area contributed by atoms with Gasteiger partial charge in [-0.3, -0.25) is 9.13 Å². The summed E-state index contributed by atoms with van der Waals surface area (Å²) in [5.41, 5.74) is 0.167. The van der Waals surface area contributed by atoms with Gasteiger partial charge < -0.3 is 14.7 Å². The molecule has 1 saturated carbocycles. The summed E-state index contributed by atoms with van der Waals surface area (Å²) in [7, 11) is -8.82. The first-order valence-electron chi connectivity index (χ1n) is 6.51. The molecular weight excluding hydrogens is 292 g/mol. The van der Waals surface area contributed by atoms with E-state index < -0.39 is 21.1 Å². The van der Waals surface area contributed by atoms with E-state index in [1.165, 1.54) is 24.3 Å². The van der Waals surface area contributed by atoms with E-state index in [4.69, 9.17) is 14.4 Å². The molecule has 19 heavy (non-hydrogen) atoms. The molecule has 2 aliphatic rings. The summed E-state index contributed by atoms with van der Waals surface area (Å²) in [6, 6.07) is 0. The average molecular weight is 313 g/mol. The monoisotopic (exact) mass is 313 g/mol. The second-order valence-electron chi connectivity index (χ2n) is 5.70. The van der Waals surface area contributed by atoms with E-state index in [2.05, 4.69) is 0 Å². The van der Waals surface area contributed by atoms with Crippen LogP contribution < -0.4 is 0 Å². The Hall–Kier alpha value is 0.260. The number of nitrogens with zero attached hydrogens (tertiary/aromatic N) is 1. The van der Waals surface area contributed by atoms with Crippen molar-refractivity contribution < 1.29 is 28.4 Å². The van der Waals surface area contributed by atoms with Crippen molar-refractivity contribution in [3.8, 4) is 0 Å². The van der Waals surface area contributed by atoms with Crippen LogP contribution in [0, 0.1) is 5.41 Å². The number of rotatable bonds is 4. The van der Waals surface area contributed by atoms with E-state index in [0.717, 1.165) is 19.3 Å². The molecule has 3 N–H and O–H groups in total. The van der Waals surface area contributed by atoms with E-state index in [-0.39, 0.29) is 5.41 Å². The van der Waals surface area contributed by atoms with E-state index in [0.29, 0.717) is 13.1 Å². The van der Waals surface area contributed by atoms with Crippen LogP contribution in [0.1, 0.15) is 38.5 Å². The molecule has 0 radical (unpaired) electrons. The smallest absolute Gasteiger partial charge is 0.324 e. The molecule has 1 unspecified atom stereocenters. The highest BCUT2D eigenvalue weighted by Crippen LogP contribution is 2.57. The Bertz CT molecular complexity index is 416. The van der Waals surface area contributed by atoms with Gasteiger partial charge in [-0.1, -0.05) is 19.3 Å². The molecule has 1 atom stereocenters. The lowest BCUT2D eigenvalue weighted by Crippen LogP contribution is -2.29. The van der Waals surface area contributed by atoms with Crippen molar-refractivity contribution in [1.29, 1.82) is 0 Å². The van der Waals surface area contributed by atoms with Gasteiger partial charge in [-0.2, -0.15) is 5.06 Å². The van der Waals surface area contributed by atoms with Gasteiger partial charge >= 0.3 is 15.2 Å². The number of hydrogen-bond acceptors (Lipinski definition) is 4. The molecule has 1 aliphatic heterocycles. The molecule has 1 heterocycles. The minimum absolute atomic E-state index is 0.167. The zero-order chi connectivity index (χ0) is 14.1. The molecular formula is C10H21NO6P2. The highest BCUT2D eigenvalue weighted by atomic mass is 31.2. The van der Waals surface area contributed by atoms with Crippen molar-refractivity contribution in [3.63, 3.8) is 0 Å². The van der Waals surface area contributed by atoms with Gasteiger partial charge in [0.2, 0.25) is 0 Å². The number of hydroxylamine groups is 2. The third kappa shape index (κ3) is 4.64. The van der Waals surface area contributed by atoms with Crippen LogP contribution in [0.5, 0.6) is 0 Å². The normalized spacial score (nSPS) is 27.5. The van der Waals surface area contributed by atoms with Crippen LogP contribution in [0.3, 0.4) is 0 Å². The van der Waals surface area contributed by atoms with Gasteiger partial charge in [-0.05, 0) is 24.7 Å². The van der Waals surface area contributed by atoms with Crippen molar-refractivity contribution >= 4 is 15.2 Å². The maximum atomic E-state index is 11.7. The standard InChI is InChI=1S/C10H21NO6P2/c12-18(13,14)9-19(15,16)17-11-7-6-10(8-11)4-2-1-3-5-10/h1-9H2,(H,15,16)(H2,12,13,14). The summed E-state index contributed by atoms with van der Waals surface area (Å²) in [6.45, 7) is 1.13. The molecule has 0 amide bonds. The SMILES string of the molecule is O=P(O)(O)CP(=O)(O)ON1CCC2(CCCCC2)C1. The molecule has 2 fully saturated rings. The van der Waals surface area contributed by atoms with Crippen LogP contribution in [0.2, 0.25) is 0 Å². The molecule has 1 saturated heterocycles. The summed E-state index contributed by atoms with van der Waals surface area (Å²) in [5.74, 6) is -1.12. The third-order valence-corrected chi connectivity index (χ3v) is 7.31. The molecule has 0 aromatic heterocycles. The van der Waals surface area contributed by atoms with Gasteiger partial charge in [-0.25, -0.2) is 4.62 Å². The summed E-state index contributed by atoms with van der Waals surface area (Å²) in [6.07, 6.45) is 6.70. The van der Waals surface area contributed by atoms with Crippen LogP contribution in [0.15, 0.2) is 0 Å². The minimum atomic E-state index is -4.55. The lowest BCUT2D eigenvalue weighted by molar-refractivity contribution is -0.0561. The zero-order valence-corrected chi connectivity index (χ0v) is 12.6. The molecule has 112 valence electrons. The van der Waals surface area contributed by atoms with Crippen LogP contribution in [-0.2, 0) is 13.8 Å². The first-order valence-corrected chi connectivity index (χ1v) is 10.1. The van der Waals surface area contributed by atoms with E-state index >= 15 is 0 Å². The zero-order valence-electron chi connectivity index (χ0n) is 10.8. The topological polar surface area (TPSA) is 107 Å². The molecule has 2 rings (SSSR count). The maximum absolute atomic E-state index is 11.7. The molecule has 0 aromatic rings. The maximum Gasteiger partial charge on any atom is 0.356 e. The average Bonchev–Trinajstić information content (AvgIpc) is 2.57. The molecule has 7 nitrogen and oxygen atoms in total. The Kier molecular flexibility index (Phi) is 4.58. The van der Waals surface area contributed by atoms with Gasteiger partial charge in [0.05, 0.1) is 0 Å². The molecule has 1 spiro atoms. The van der Waals surface area contributed by atoms with Gasteiger partial charge in [0.1, 0.15) is 0 Å². The van der Waals surface area contributed by atoms with Crippen molar-refractivity contribution in [2.45, 2.75) is 38.5 Å². The van der Waals surface area contributed by atoms with Gasteiger partial charge in [0.15, 0.2) is 5.90 Å². The Morgan fingerprint density at radius 1 is 1.05 bits per heavy atom. The number of hydrogen-bond donors (Lipinski definition) is 3. The van der Waals surface area contributed by atoms with Crippen molar-refractivity contribution in [2.24, 2.45) is 5.41 Å². The Labute approximate surface area is 112 Å². The van der Waals surface area contributed by atoms with Crippen LogP contribution in [0.25, 0.3) is 0 Å². The first-order chi connectivity index (χ1) is 8.70. The predicted octanol–water partition coefficient (Wildman–Crippen LogP) is 1.89. The summed E-state index contributed by atoms with van der Waals surface area (Å²) < 4.78 is 27.4. The minimum Gasteiger partial charge on any atom is -0.324 e. The summed E-state index contributed by atoms with van der Waals surface area (Å²) >= 11 is 0. The van der Waals surface area contributed by atoms with Crippen molar-refractivity contribution in [1.82, 2.24) is 5.06 Å². The van der Waals surface area contributed by atoms with E-state index in [1.807, 2.05) is 0 Å². The first kappa shape index (κ1) is 15.6. The van der Waals surface area contributed by atoms with Crippen molar-refractivity contribution in [3.05, 3.63) is 0 Å². The Morgan fingerprint density at radius 2 is 1.68 bits per heavy atom. The van der Waals surface area contributed by atoms with Gasteiger partial charge in [0, 0.05) is 13.1 Å². The second-order valence-corrected chi connectivity index (χ2v) is 9.60. The fourth-order valence-electron chi connectivity index (χ4n) is 3.11. The third-order valence-electron chi connectivity index (χ3n) is 3.92. The molecule has 9 heteroatoms. The quantitative estimate of drug-likeness (QED) is 0.680. The largest absolute Gasteiger partial charge is 0.356 e.